The van der Waals surface area contributed by atoms with E-state index in [1.807, 2.05) is 30.6 Å². The second-order valence-electron chi connectivity index (χ2n) is 4.02. The molecule has 1 heterocycles. The molecule has 2 aromatic rings. The molecule has 0 saturated heterocycles. The van der Waals surface area contributed by atoms with Gasteiger partial charge in [-0.15, -0.1) is 11.3 Å². The summed E-state index contributed by atoms with van der Waals surface area (Å²) in [6.45, 7) is 3.33. The summed E-state index contributed by atoms with van der Waals surface area (Å²) in [4.78, 5) is 5.51. The molecule has 0 spiro atoms. The van der Waals surface area contributed by atoms with Crippen molar-refractivity contribution in [3.05, 3.63) is 44.3 Å². The van der Waals surface area contributed by atoms with E-state index in [0.29, 0.717) is 13.2 Å². The Morgan fingerprint density at radius 1 is 1.44 bits per heavy atom. The quantitative estimate of drug-likeness (QED) is 0.675. The van der Waals surface area contributed by atoms with Crippen LogP contribution >= 0.6 is 27.3 Å². The Kier molecular flexibility index (Phi) is 4.74. The highest BCUT2D eigenvalue weighted by Gasteiger charge is 2.02. The maximum atomic E-state index is 5.81. The minimum Gasteiger partial charge on any atom is -0.398 e. The van der Waals surface area contributed by atoms with Crippen LogP contribution < -0.4 is 5.73 Å². The van der Waals surface area contributed by atoms with E-state index < -0.39 is 0 Å². The van der Waals surface area contributed by atoms with Crippen molar-refractivity contribution in [2.45, 2.75) is 20.0 Å². The van der Waals surface area contributed by atoms with Crippen molar-refractivity contribution < 1.29 is 4.74 Å². The SMILES string of the molecule is Cc1ncsc1CCOCc1ccc(Br)c(N)c1. The lowest BCUT2D eigenvalue weighted by atomic mass is 10.2. The van der Waals surface area contributed by atoms with Gasteiger partial charge in [-0.2, -0.15) is 0 Å². The summed E-state index contributed by atoms with van der Waals surface area (Å²) < 4.78 is 6.57. The highest BCUT2D eigenvalue weighted by molar-refractivity contribution is 9.10. The average molecular weight is 327 g/mol. The zero-order valence-corrected chi connectivity index (χ0v) is 12.6. The molecule has 0 unspecified atom stereocenters. The molecule has 0 radical (unpaired) electrons. The van der Waals surface area contributed by atoms with Crippen LogP contribution in [0.4, 0.5) is 5.69 Å². The molecule has 0 aliphatic carbocycles. The van der Waals surface area contributed by atoms with Crippen LogP contribution in [0.1, 0.15) is 16.1 Å². The summed E-state index contributed by atoms with van der Waals surface area (Å²) in [5.41, 5.74) is 10.6. The number of nitrogens with two attached hydrogens (primary N) is 1. The van der Waals surface area contributed by atoms with E-state index in [-0.39, 0.29) is 0 Å². The number of rotatable bonds is 5. The molecule has 18 heavy (non-hydrogen) atoms. The van der Waals surface area contributed by atoms with Crippen LogP contribution in [0.25, 0.3) is 0 Å². The first-order valence-corrected chi connectivity index (χ1v) is 7.34. The maximum Gasteiger partial charge on any atom is 0.0797 e. The van der Waals surface area contributed by atoms with Gasteiger partial charge in [0, 0.05) is 21.5 Å². The minimum absolute atomic E-state index is 0.593. The monoisotopic (exact) mass is 326 g/mol. The lowest BCUT2D eigenvalue weighted by Crippen LogP contribution is -1.99. The molecule has 5 heteroatoms. The fourth-order valence-corrected chi connectivity index (χ4v) is 2.61. The first-order valence-electron chi connectivity index (χ1n) is 5.67. The smallest absolute Gasteiger partial charge is 0.0797 e. The molecule has 2 rings (SSSR count). The molecule has 2 N–H and O–H groups in total. The summed E-state index contributed by atoms with van der Waals surface area (Å²) in [5.74, 6) is 0. The fourth-order valence-electron chi connectivity index (χ4n) is 1.60. The van der Waals surface area contributed by atoms with Crippen molar-refractivity contribution in [3.8, 4) is 0 Å². The van der Waals surface area contributed by atoms with Crippen molar-refractivity contribution in [2.24, 2.45) is 0 Å². The van der Waals surface area contributed by atoms with Crippen molar-refractivity contribution in [3.63, 3.8) is 0 Å². The Labute approximate surface area is 119 Å². The molecule has 3 nitrogen and oxygen atoms in total. The molecule has 0 aliphatic heterocycles. The number of nitrogen functional groups attached to an aromatic ring is 1. The topological polar surface area (TPSA) is 48.1 Å². The third-order valence-corrected chi connectivity index (χ3v) is 4.36. The standard InChI is InChI=1S/C13H15BrN2OS/c1-9-13(18-8-16-9)4-5-17-7-10-2-3-11(14)12(15)6-10/h2-3,6,8H,4-5,7,15H2,1H3. The van der Waals surface area contributed by atoms with Crippen LogP contribution in [-0.2, 0) is 17.8 Å². The normalized spacial score (nSPS) is 10.8. The number of halogens is 1. The van der Waals surface area contributed by atoms with E-state index >= 15 is 0 Å². The van der Waals surface area contributed by atoms with Gasteiger partial charge in [0.25, 0.3) is 0 Å². The zero-order chi connectivity index (χ0) is 13.0. The summed E-state index contributed by atoms with van der Waals surface area (Å²) in [7, 11) is 0. The van der Waals surface area contributed by atoms with Crippen molar-refractivity contribution in [1.29, 1.82) is 0 Å². The minimum atomic E-state index is 0.593. The third-order valence-electron chi connectivity index (χ3n) is 2.65. The van der Waals surface area contributed by atoms with E-state index in [0.717, 1.165) is 27.8 Å². The van der Waals surface area contributed by atoms with E-state index in [1.165, 1.54) is 4.88 Å². The molecule has 0 saturated carbocycles. The zero-order valence-electron chi connectivity index (χ0n) is 10.1. The van der Waals surface area contributed by atoms with Crippen LogP contribution in [0.3, 0.4) is 0 Å². The van der Waals surface area contributed by atoms with Gasteiger partial charge < -0.3 is 10.5 Å². The number of anilines is 1. The Balaban J connectivity index is 1.78. The van der Waals surface area contributed by atoms with E-state index in [4.69, 9.17) is 10.5 Å². The predicted octanol–water partition coefficient (Wildman–Crippen LogP) is 3.56. The maximum absolute atomic E-state index is 5.81. The van der Waals surface area contributed by atoms with Gasteiger partial charge in [0.1, 0.15) is 0 Å². The van der Waals surface area contributed by atoms with Gasteiger partial charge in [-0.05, 0) is 40.5 Å². The number of aryl methyl sites for hydroxylation is 1. The summed E-state index contributed by atoms with van der Waals surface area (Å²) >= 11 is 5.06. The number of thiazole rings is 1. The third kappa shape index (κ3) is 3.54. The van der Waals surface area contributed by atoms with Crippen LogP contribution in [0.2, 0.25) is 0 Å². The predicted molar refractivity (Wildman–Crippen MR) is 78.8 cm³/mol. The molecular formula is C13H15BrN2OS. The van der Waals surface area contributed by atoms with Gasteiger partial charge in [-0.3, -0.25) is 0 Å². The first-order chi connectivity index (χ1) is 8.66. The van der Waals surface area contributed by atoms with Crippen LogP contribution in [0.5, 0.6) is 0 Å². The molecule has 96 valence electrons. The van der Waals surface area contributed by atoms with Gasteiger partial charge in [-0.25, -0.2) is 4.98 Å². The van der Waals surface area contributed by atoms with Crippen LogP contribution in [-0.4, -0.2) is 11.6 Å². The number of hydrogen-bond donors (Lipinski definition) is 1. The molecular weight excluding hydrogens is 312 g/mol. The van der Waals surface area contributed by atoms with E-state index in [9.17, 15) is 0 Å². The molecule has 0 fully saturated rings. The first kappa shape index (κ1) is 13.5. The lowest BCUT2D eigenvalue weighted by Gasteiger charge is -2.06. The Hall–Kier alpha value is -0.910. The Morgan fingerprint density at radius 3 is 2.94 bits per heavy atom. The average Bonchev–Trinajstić information content (AvgIpc) is 2.75. The van der Waals surface area contributed by atoms with Crippen molar-refractivity contribution in [2.75, 3.05) is 12.3 Å². The van der Waals surface area contributed by atoms with Gasteiger partial charge in [-0.1, -0.05) is 6.07 Å². The van der Waals surface area contributed by atoms with Crippen LogP contribution in [0, 0.1) is 6.92 Å². The number of aromatic nitrogens is 1. The second-order valence-corrected chi connectivity index (χ2v) is 5.81. The summed E-state index contributed by atoms with van der Waals surface area (Å²) in [6, 6.07) is 5.89. The van der Waals surface area contributed by atoms with Gasteiger partial charge >= 0.3 is 0 Å². The van der Waals surface area contributed by atoms with Crippen LogP contribution in [0.15, 0.2) is 28.2 Å². The van der Waals surface area contributed by atoms with Gasteiger partial charge in [0.15, 0.2) is 0 Å². The number of hydrogen-bond acceptors (Lipinski definition) is 4. The largest absolute Gasteiger partial charge is 0.398 e. The summed E-state index contributed by atoms with van der Waals surface area (Å²) in [5, 5.41) is 0. The fraction of sp³-hybridized carbons (Fsp3) is 0.308. The second kappa shape index (κ2) is 6.31. The van der Waals surface area contributed by atoms with Crippen molar-refractivity contribution in [1.82, 2.24) is 4.98 Å². The molecule has 0 atom stereocenters. The molecule has 0 aliphatic rings. The van der Waals surface area contributed by atoms with Gasteiger partial charge in [0.05, 0.1) is 24.4 Å². The molecule has 1 aromatic carbocycles. The van der Waals surface area contributed by atoms with Crippen molar-refractivity contribution >= 4 is 33.0 Å². The number of ether oxygens (including phenoxy) is 1. The van der Waals surface area contributed by atoms with E-state index in [2.05, 4.69) is 20.9 Å². The number of nitrogens with zero attached hydrogens (tertiary/aromatic N) is 1. The summed E-state index contributed by atoms with van der Waals surface area (Å²) in [6.07, 6.45) is 0.919. The molecule has 0 amide bonds. The van der Waals surface area contributed by atoms with E-state index in [1.54, 1.807) is 11.3 Å². The lowest BCUT2D eigenvalue weighted by molar-refractivity contribution is 0.124. The Bertz CT molecular complexity index is 527. The molecule has 0 bridgehead atoms. The molecule has 1 aromatic heterocycles. The number of benzene rings is 1. The highest BCUT2D eigenvalue weighted by Crippen LogP contribution is 2.20. The van der Waals surface area contributed by atoms with Gasteiger partial charge in [0.2, 0.25) is 0 Å². The highest BCUT2D eigenvalue weighted by atomic mass is 79.9. The Morgan fingerprint density at radius 2 is 2.28 bits per heavy atom.